The van der Waals surface area contributed by atoms with Gasteiger partial charge in [0.05, 0.1) is 0 Å². The Morgan fingerprint density at radius 1 is 1.47 bits per heavy atom. The standard InChI is InChI=1S/C13H21BrN2O/c1-5-16-8-11(14)6-12(16)13(17)15-7-10(4)9(2)3/h6,8-10H,5,7H2,1-4H3,(H,15,17). The van der Waals surface area contributed by atoms with Gasteiger partial charge in [-0.15, -0.1) is 0 Å². The molecule has 17 heavy (non-hydrogen) atoms. The first-order valence-electron chi connectivity index (χ1n) is 6.09. The zero-order valence-electron chi connectivity index (χ0n) is 11.0. The highest BCUT2D eigenvalue weighted by molar-refractivity contribution is 9.10. The average molecular weight is 301 g/mol. The first-order valence-corrected chi connectivity index (χ1v) is 6.88. The highest BCUT2D eigenvalue weighted by Crippen LogP contribution is 2.15. The Hall–Kier alpha value is -0.770. The summed E-state index contributed by atoms with van der Waals surface area (Å²) in [6.45, 7) is 10.0. The zero-order valence-corrected chi connectivity index (χ0v) is 12.5. The number of rotatable bonds is 5. The van der Waals surface area contributed by atoms with Crippen LogP contribution in [-0.4, -0.2) is 17.0 Å². The van der Waals surface area contributed by atoms with Crippen molar-refractivity contribution in [1.82, 2.24) is 9.88 Å². The summed E-state index contributed by atoms with van der Waals surface area (Å²) >= 11 is 3.39. The van der Waals surface area contributed by atoms with Gasteiger partial charge in [0.15, 0.2) is 0 Å². The summed E-state index contributed by atoms with van der Waals surface area (Å²) in [4.78, 5) is 12.0. The Morgan fingerprint density at radius 2 is 2.12 bits per heavy atom. The SMILES string of the molecule is CCn1cc(Br)cc1C(=O)NCC(C)C(C)C. The molecule has 1 rings (SSSR count). The normalized spacial score (nSPS) is 12.8. The van der Waals surface area contributed by atoms with Crippen molar-refractivity contribution in [3.8, 4) is 0 Å². The molecule has 1 unspecified atom stereocenters. The molecule has 0 aliphatic rings. The number of carbonyl (C=O) groups is 1. The van der Waals surface area contributed by atoms with Crippen molar-refractivity contribution in [3.05, 3.63) is 22.4 Å². The summed E-state index contributed by atoms with van der Waals surface area (Å²) in [5, 5.41) is 2.99. The molecule has 0 saturated heterocycles. The van der Waals surface area contributed by atoms with Gasteiger partial charge in [0.1, 0.15) is 5.69 Å². The number of aromatic nitrogens is 1. The highest BCUT2D eigenvalue weighted by Gasteiger charge is 2.14. The molecule has 0 aliphatic heterocycles. The van der Waals surface area contributed by atoms with Crippen molar-refractivity contribution in [1.29, 1.82) is 0 Å². The molecule has 1 aromatic heterocycles. The monoisotopic (exact) mass is 300 g/mol. The van der Waals surface area contributed by atoms with Crippen LogP contribution in [0.15, 0.2) is 16.7 Å². The molecular formula is C13H21BrN2O. The van der Waals surface area contributed by atoms with Crippen molar-refractivity contribution in [2.24, 2.45) is 11.8 Å². The third-order valence-corrected chi connectivity index (χ3v) is 3.59. The lowest BCUT2D eigenvalue weighted by atomic mass is 9.98. The summed E-state index contributed by atoms with van der Waals surface area (Å²) in [6, 6.07) is 1.86. The van der Waals surface area contributed by atoms with E-state index < -0.39 is 0 Å². The van der Waals surface area contributed by atoms with Gasteiger partial charge in [0.25, 0.3) is 5.91 Å². The largest absolute Gasteiger partial charge is 0.350 e. The van der Waals surface area contributed by atoms with Gasteiger partial charge in [-0.1, -0.05) is 20.8 Å². The van der Waals surface area contributed by atoms with Gasteiger partial charge in [0.2, 0.25) is 0 Å². The van der Waals surface area contributed by atoms with E-state index in [2.05, 4.69) is 42.0 Å². The van der Waals surface area contributed by atoms with E-state index in [4.69, 9.17) is 0 Å². The van der Waals surface area contributed by atoms with E-state index in [1.165, 1.54) is 0 Å². The minimum Gasteiger partial charge on any atom is -0.350 e. The first kappa shape index (κ1) is 14.3. The van der Waals surface area contributed by atoms with Crippen LogP contribution in [0, 0.1) is 11.8 Å². The quantitative estimate of drug-likeness (QED) is 0.889. The maximum absolute atomic E-state index is 12.0. The fourth-order valence-corrected chi connectivity index (χ4v) is 1.97. The molecule has 0 saturated carbocycles. The molecule has 96 valence electrons. The lowest BCUT2D eigenvalue weighted by Crippen LogP contribution is -2.31. The number of halogens is 1. The first-order chi connectivity index (χ1) is 7.95. The number of amides is 1. The Morgan fingerprint density at radius 3 is 2.65 bits per heavy atom. The zero-order chi connectivity index (χ0) is 13.0. The van der Waals surface area contributed by atoms with Crippen LogP contribution >= 0.6 is 15.9 Å². The van der Waals surface area contributed by atoms with Crippen LogP contribution in [0.2, 0.25) is 0 Å². The summed E-state index contributed by atoms with van der Waals surface area (Å²) in [5.74, 6) is 1.08. The molecule has 0 spiro atoms. The van der Waals surface area contributed by atoms with E-state index in [-0.39, 0.29) is 5.91 Å². The number of hydrogen-bond donors (Lipinski definition) is 1. The minimum absolute atomic E-state index is 0.00468. The molecule has 1 aromatic rings. The molecule has 0 radical (unpaired) electrons. The summed E-state index contributed by atoms with van der Waals surface area (Å²) in [5.41, 5.74) is 0.718. The maximum Gasteiger partial charge on any atom is 0.267 e. The molecule has 0 aromatic carbocycles. The molecule has 4 heteroatoms. The van der Waals surface area contributed by atoms with Crippen molar-refractivity contribution in [2.75, 3.05) is 6.54 Å². The van der Waals surface area contributed by atoms with Crippen LogP contribution in [0.25, 0.3) is 0 Å². The van der Waals surface area contributed by atoms with E-state index in [9.17, 15) is 4.79 Å². The third-order valence-electron chi connectivity index (χ3n) is 3.16. The molecule has 0 bridgehead atoms. The number of nitrogens with one attached hydrogen (secondary N) is 1. The van der Waals surface area contributed by atoms with Gasteiger partial charge >= 0.3 is 0 Å². The fraction of sp³-hybridized carbons (Fsp3) is 0.615. The van der Waals surface area contributed by atoms with Gasteiger partial charge < -0.3 is 9.88 Å². The smallest absolute Gasteiger partial charge is 0.267 e. The highest BCUT2D eigenvalue weighted by atomic mass is 79.9. The second kappa shape index (κ2) is 6.24. The fourth-order valence-electron chi connectivity index (χ4n) is 1.51. The maximum atomic E-state index is 12.0. The van der Waals surface area contributed by atoms with Crippen LogP contribution in [0.3, 0.4) is 0 Å². The van der Waals surface area contributed by atoms with Crippen molar-refractivity contribution < 1.29 is 4.79 Å². The molecular weight excluding hydrogens is 280 g/mol. The van der Waals surface area contributed by atoms with Gasteiger partial charge in [-0.25, -0.2) is 0 Å². The molecule has 3 nitrogen and oxygen atoms in total. The van der Waals surface area contributed by atoms with Gasteiger partial charge in [-0.05, 0) is 40.8 Å². The van der Waals surface area contributed by atoms with Crippen LogP contribution in [0.1, 0.15) is 38.2 Å². The number of hydrogen-bond acceptors (Lipinski definition) is 1. The van der Waals surface area contributed by atoms with Gasteiger partial charge in [-0.2, -0.15) is 0 Å². The Labute approximate surface area is 112 Å². The molecule has 1 heterocycles. The van der Waals surface area contributed by atoms with Crippen molar-refractivity contribution >= 4 is 21.8 Å². The van der Waals surface area contributed by atoms with Crippen LogP contribution in [0.4, 0.5) is 0 Å². The van der Waals surface area contributed by atoms with Crippen molar-refractivity contribution in [2.45, 2.75) is 34.2 Å². The second-order valence-corrected chi connectivity index (χ2v) is 5.68. The predicted molar refractivity (Wildman–Crippen MR) is 74.1 cm³/mol. The molecule has 0 aliphatic carbocycles. The predicted octanol–water partition coefficient (Wildman–Crippen LogP) is 3.29. The van der Waals surface area contributed by atoms with E-state index in [1.54, 1.807) is 0 Å². The molecule has 1 atom stereocenters. The number of aryl methyl sites for hydroxylation is 1. The average Bonchev–Trinajstić information content (AvgIpc) is 2.66. The lowest BCUT2D eigenvalue weighted by molar-refractivity contribution is 0.0935. The summed E-state index contributed by atoms with van der Waals surface area (Å²) < 4.78 is 2.89. The minimum atomic E-state index is 0.00468. The molecule has 1 N–H and O–H groups in total. The van der Waals surface area contributed by atoms with Crippen LogP contribution < -0.4 is 5.32 Å². The summed E-state index contributed by atoms with van der Waals surface area (Å²) in [7, 11) is 0. The topological polar surface area (TPSA) is 34.0 Å². The number of nitrogens with zero attached hydrogens (tertiary/aromatic N) is 1. The third kappa shape index (κ3) is 3.87. The Kier molecular flexibility index (Phi) is 5.25. The van der Waals surface area contributed by atoms with E-state index in [0.29, 0.717) is 11.8 Å². The van der Waals surface area contributed by atoms with Gasteiger partial charge in [-0.3, -0.25) is 4.79 Å². The Balaban J connectivity index is 2.63. The van der Waals surface area contributed by atoms with E-state index in [1.807, 2.05) is 23.8 Å². The van der Waals surface area contributed by atoms with Crippen molar-refractivity contribution in [3.63, 3.8) is 0 Å². The number of carbonyl (C=O) groups excluding carboxylic acids is 1. The van der Waals surface area contributed by atoms with Crippen LogP contribution in [-0.2, 0) is 6.54 Å². The van der Waals surface area contributed by atoms with E-state index in [0.717, 1.165) is 23.3 Å². The molecule has 0 fully saturated rings. The lowest BCUT2D eigenvalue weighted by Gasteiger charge is -2.16. The van der Waals surface area contributed by atoms with Gasteiger partial charge in [0, 0.05) is 23.8 Å². The summed E-state index contributed by atoms with van der Waals surface area (Å²) in [6.07, 6.45) is 1.93. The second-order valence-electron chi connectivity index (χ2n) is 4.76. The van der Waals surface area contributed by atoms with Crippen LogP contribution in [0.5, 0.6) is 0 Å². The molecule has 1 amide bonds. The Bertz CT molecular complexity index is 385. The van der Waals surface area contributed by atoms with E-state index >= 15 is 0 Å².